The number of nitrogens with two attached hydrogens (primary N) is 1. The highest BCUT2D eigenvalue weighted by molar-refractivity contribution is 8.13. The molecule has 9 heteroatoms. The van der Waals surface area contributed by atoms with Crippen LogP contribution in [0.15, 0.2) is 41.3 Å². The zero-order valence-corrected chi connectivity index (χ0v) is 20.3. The molecule has 0 aliphatic carbocycles. The van der Waals surface area contributed by atoms with Gasteiger partial charge < -0.3 is 21.4 Å². The summed E-state index contributed by atoms with van der Waals surface area (Å²) in [5.74, 6) is 1.52. The average molecular weight is 480 g/mol. The van der Waals surface area contributed by atoms with Gasteiger partial charge in [-0.25, -0.2) is 4.79 Å². The van der Waals surface area contributed by atoms with Gasteiger partial charge in [0.2, 0.25) is 0 Å². The van der Waals surface area contributed by atoms with E-state index >= 15 is 0 Å². The van der Waals surface area contributed by atoms with Crippen LogP contribution in [0.5, 0.6) is 0 Å². The van der Waals surface area contributed by atoms with E-state index in [1.165, 1.54) is 23.7 Å². The second-order valence-electron chi connectivity index (χ2n) is 9.66. The zero-order chi connectivity index (χ0) is 23.7. The van der Waals surface area contributed by atoms with Crippen LogP contribution in [-0.2, 0) is 0 Å². The number of thioether (sulfide) groups is 1. The number of amidine groups is 1. The zero-order valence-electron chi connectivity index (χ0n) is 19.5. The molecular formula is C25H33N7OS. The van der Waals surface area contributed by atoms with Crippen molar-refractivity contribution in [2.75, 3.05) is 12.3 Å². The summed E-state index contributed by atoms with van der Waals surface area (Å²) in [5, 5.41) is 15.8. The summed E-state index contributed by atoms with van der Waals surface area (Å²) in [6.45, 7) is 3.26. The van der Waals surface area contributed by atoms with Crippen molar-refractivity contribution < 1.29 is 0 Å². The van der Waals surface area contributed by atoms with E-state index in [-0.39, 0.29) is 10.9 Å². The number of nitrogens with one attached hydrogen (secondary N) is 4. The van der Waals surface area contributed by atoms with Crippen LogP contribution in [0.3, 0.4) is 0 Å². The molecule has 5 rings (SSSR count). The first kappa shape index (κ1) is 23.1. The first-order valence-corrected chi connectivity index (χ1v) is 13.1. The minimum Gasteiger partial charge on any atom is -0.379 e. The van der Waals surface area contributed by atoms with Crippen LogP contribution in [-0.4, -0.2) is 38.0 Å². The van der Waals surface area contributed by atoms with E-state index in [0.29, 0.717) is 29.7 Å². The van der Waals surface area contributed by atoms with Crippen molar-refractivity contribution in [3.05, 3.63) is 58.3 Å². The minimum absolute atomic E-state index is 0.187. The van der Waals surface area contributed by atoms with Gasteiger partial charge >= 0.3 is 5.69 Å². The van der Waals surface area contributed by atoms with Gasteiger partial charge in [-0.2, -0.15) is 4.98 Å². The number of nitrogens with zero attached hydrogens (tertiary/aromatic N) is 2. The minimum atomic E-state index is -0.278. The number of rotatable bonds is 6. The molecule has 0 saturated carbocycles. The molecule has 0 spiro atoms. The lowest BCUT2D eigenvalue weighted by molar-refractivity contribution is 0.320. The smallest absolute Gasteiger partial charge is 0.354 e. The Hall–Kier alpha value is -2.62. The van der Waals surface area contributed by atoms with E-state index < -0.39 is 0 Å². The fourth-order valence-corrected chi connectivity index (χ4v) is 5.85. The molecule has 0 unspecified atom stereocenters. The quantitative estimate of drug-likeness (QED) is 0.272. The lowest BCUT2D eigenvalue weighted by Crippen LogP contribution is -2.37. The van der Waals surface area contributed by atoms with Gasteiger partial charge in [0.05, 0.1) is 5.69 Å². The lowest BCUT2D eigenvalue weighted by atomic mass is 9.92. The standard InChI is InChI=1S/C25H33N7OS/c1-15-11-21(28-13-15)22-12-17-14-32(25(33)31-23(17)30-22)19-7-5-16(6-8-19)20-4-2-3-18(29-20)9-10-34-24(26)27/h5-8,12,14-15,18,20-21,28-29H,2-4,9-11,13H2,1H3,(H3,26,27)(H,30,31,33)/t15-,18-,20-,21-/m0/s1. The highest BCUT2D eigenvalue weighted by Gasteiger charge is 2.24. The van der Waals surface area contributed by atoms with Gasteiger partial charge in [-0.05, 0) is 61.9 Å². The maximum Gasteiger partial charge on any atom is 0.354 e. The summed E-state index contributed by atoms with van der Waals surface area (Å²) in [4.78, 5) is 20.4. The second kappa shape index (κ2) is 9.93. The molecule has 2 aromatic heterocycles. The molecule has 0 bridgehead atoms. The molecule has 8 nitrogen and oxygen atoms in total. The summed E-state index contributed by atoms with van der Waals surface area (Å²) in [6.07, 6.45) is 7.42. The van der Waals surface area contributed by atoms with Gasteiger partial charge in [-0.15, -0.1) is 0 Å². The first-order valence-electron chi connectivity index (χ1n) is 12.1. The Labute approximate surface area is 203 Å². The molecule has 34 heavy (non-hydrogen) atoms. The molecule has 2 aliphatic rings. The third-order valence-corrected chi connectivity index (χ3v) is 7.79. The molecule has 4 atom stereocenters. The number of aromatic nitrogens is 3. The van der Waals surface area contributed by atoms with Crippen molar-refractivity contribution >= 4 is 28.0 Å². The Balaban J connectivity index is 1.30. The largest absolute Gasteiger partial charge is 0.379 e. The molecule has 0 radical (unpaired) electrons. The molecule has 0 amide bonds. The number of hydrogen-bond donors (Lipinski definition) is 5. The third-order valence-electron chi connectivity index (χ3n) is 7.03. The Morgan fingerprint density at radius 3 is 2.82 bits per heavy atom. The van der Waals surface area contributed by atoms with Gasteiger partial charge in [-0.3, -0.25) is 9.98 Å². The summed E-state index contributed by atoms with van der Waals surface area (Å²) in [7, 11) is 0. The summed E-state index contributed by atoms with van der Waals surface area (Å²) >= 11 is 1.41. The average Bonchev–Trinajstić information content (AvgIpc) is 3.44. The molecule has 2 aliphatic heterocycles. The van der Waals surface area contributed by atoms with Crippen LogP contribution < -0.4 is 22.1 Å². The van der Waals surface area contributed by atoms with Crippen molar-refractivity contribution in [2.45, 2.75) is 57.2 Å². The topological polar surface area (TPSA) is 125 Å². The molecule has 2 saturated heterocycles. The normalized spacial score (nSPS) is 25.1. The van der Waals surface area contributed by atoms with Gasteiger partial charge in [0, 0.05) is 41.2 Å². The highest BCUT2D eigenvalue weighted by atomic mass is 32.2. The van der Waals surface area contributed by atoms with Crippen molar-refractivity contribution in [2.24, 2.45) is 11.7 Å². The Morgan fingerprint density at radius 1 is 1.26 bits per heavy atom. The van der Waals surface area contributed by atoms with Crippen LogP contribution in [0.2, 0.25) is 0 Å². The maximum atomic E-state index is 12.8. The van der Waals surface area contributed by atoms with Crippen LogP contribution >= 0.6 is 11.8 Å². The maximum absolute atomic E-state index is 12.8. The Kier molecular flexibility index (Phi) is 6.76. The fraction of sp³-hybridized carbons (Fsp3) is 0.480. The van der Waals surface area contributed by atoms with Crippen molar-refractivity contribution in [3.63, 3.8) is 0 Å². The molecule has 6 N–H and O–H groups in total. The van der Waals surface area contributed by atoms with Crippen LogP contribution in [0.1, 0.15) is 62.4 Å². The van der Waals surface area contributed by atoms with E-state index in [1.54, 1.807) is 4.57 Å². The SMILES string of the molecule is C[C@@H]1CN[C@H](c2cc3cn(-c4ccc([C@@H]5CCC[C@@H](CCSC(=N)N)N5)cc4)c(=O)nc3[nH]2)C1. The molecule has 4 heterocycles. The second-order valence-corrected chi connectivity index (χ2v) is 10.8. The number of aromatic amines is 1. The first-order chi connectivity index (χ1) is 16.5. The van der Waals surface area contributed by atoms with Gasteiger partial charge in [0.15, 0.2) is 5.17 Å². The lowest BCUT2D eigenvalue weighted by Gasteiger charge is -2.31. The van der Waals surface area contributed by atoms with Gasteiger partial charge in [-0.1, -0.05) is 37.2 Å². The van der Waals surface area contributed by atoms with Crippen LogP contribution in [0.25, 0.3) is 16.7 Å². The van der Waals surface area contributed by atoms with Crippen LogP contribution in [0.4, 0.5) is 0 Å². The molecule has 180 valence electrons. The monoisotopic (exact) mass is 479 g/mol. The molecule has 1 aromatic carbocycles. The Morgan fingerprint density at radius 2 is 2.09 bits per heavy atom. The van der Waals surface area contributed by atoms with Crippen molar-refractivity contribution in [1.29, 1.82) is 5.41 Å². The van der Waals surface area contributed by atoms with E-state index in [4.69, 9.17) is 11.1 Å². The molecular weight excluding hydrogens is 446 g/mol. The van der Waals surface area contributed by atoms with E-state index in [1.807, 2.05) is 18.3 Å². The van der Waals surface area contributed by atoms with E-state index in [2.05, 4.69) is 45.7 Å². The predicted octanol–water partition coefficient (Wildman–Crippen LogP) is 3.58. The summed E-state index contributed by atoms with van der Waals surface area (Å²) in [5.41, 5.74) is 8.98. The highest BCUT2D eigenvalue weighted by Crippen LogP contribution is 2.29. The van der Waals surface area contributed by atoms with Crippen molar-refractivity contribution in [3.8, 4) is 5.69 Å². The number of hydrogen-bond acceptors (Lipinski definition) is 6. The third kappa shape index (κ3) is 5.06. The van der Waals surface area contributed by atoms with Crippen molar-refractivity contribution in [1.82, 2.24) is 25.2 Å². The van der Waals surface area contributed by atoms with Gasteiger partial charge in [0.25, 0.3) is 0 Å². The summed E-state index contributed by atoms with van der Waals surface area (Å²) < 4.78 is 1.63. The fourth-order valence-electron chi connectivity index (χ4n) is 5.23. The van der Waals surface area contributed by atoms with E-state index in [0.717, 1.165) is 54.7 Å². The molecule has 3 aromatic rings. The van der Waals surface area contributed by atoms with E-state index in [9.17, 15) is 4.79 Å². The molecule has 2 fully saturated rings. The number of piperidine rings is 1. The van der Waals surface area contributed by atoms with Gasteiger partial charge in [0.1, 0.15) is 5.65 Å². The number of benzene rings is 1. The summed E-state index contributed by atoms with van der Waals surface area (Å²) in [6, 6.07) is 11.4. The Bertz CT molecular complexity index is 1220. The predicted molar refractivity (Wildman–Crippen MR) is 139 cm³/mol. The number of fused-ring (bicyclic) bond motifs is 1. The number of H-pyrrole nitrogens is 1. The van der Waals surface area contributed by atoms with Crippen LogP contribution in [0, 0.1) is 11.3 Å².